The number of anilines is 2. The van der Waals surface area contributed by atoms with E-state index in [2.05, 4.69) is 15.3 Å². The van der Waals surface area contributed by atoms with Crippen molar-refractivity contribution in [3.63, 3.8) is 0 Å². The van der Waals surface area contributed by atoms with Crippen LogP contribution in [-0.4, -0.2) is 15.0 Å². The topological polar surface area (TPSA) is 63.8 Å². The molecule has 2 aromatic rings. The number of benzene rings is 1. The smallest absolute Gasteiger partial charge is 0.148 e. The second-order valence-corrected chi connectivity index (χ2v) is 4.77. The van der Waals surface area contributed by atoms with E-state index in [1.165, 1.54) is 12.4 Å². The summed E-state index contributed by atoms with van der Waals surface area (Å²) in [5.74, 6) is -0.133. The molecule has 0 saturated heterocycles. The first-order chi connectivity index (χ1) is 8.97. The quantitative estimate of drug-likeness (QED) is 0.851. The number of thiocarbonyl (C=S) groups is 1. The van der Waals surface area contributed by atoms with Crippen LogP contribution in [0.3, 0.4) is 0 Å². The average Bonchev–Trinajstić information content (AvgIpc) is 2.34. The van der Waals surface area contributed by atoms with Crippen LogP contribution in [0.5, 0.6) is 0 Å². The Labute approximate surface area is 123 Å². The van der Waals surface area contributed by atoms with E-state index >= 15 is 0 Å². The van der Waals surface area contributed by atoms with Crippen molar-refractivity contribution in [1.29, 1.82) is 0 Å². The highest BCUT2D eigenvalue weighted by molar-refractivity contribution is 7.80. The van der Waals surface area contributed by atoms with Gasteiger partial charge in [0.1, 0.15) is 22.3 Å². The number of nitrogens with one attached hydrogen (secondary N) is 1. The number of nitrogens with zero attached hydrogens (tertiary/aromatic N) is 2. The van der Waals surface area contributed by atoms with Gasteiger partial charge in [0.15, 0.2) is 0 Å². The van der Waals surface area contributed by atoms with E-state index in [-0.39, 0.29) is 15.0 Å². The van der Waals surface area contributed by atoms with Crippen molar-refractivity contribution in [2.75, 3.05) is 5.32 Å². The highest BCUT2D eigenvalue weighted by Gasteiger charge is 2.09. The van der Waals surface area contributed by atoms with Crippen molar-refractivity contribution in [2.45, 2.75) is 0 Å². The molecule has 8 heteroatoms. The lowest BCUT2D eigenvalue weighted by atomic mass is 10.3. The number of hydrogen-bond acceptors (Lipinski definition) is 4. The zero-order valence-corrected chi connectivity index (χ0v) is 11.7. The maximum Gasteiger partial charge on any atom is 0.148 e. The Kier molecular flexibility index (Phi) is 4.14. The summed E-state index contributed by atoms with van der Waals surface area (Å²) in [4.78, 5) is 8.20. The predicted molar refractivity (Wildman–Crippen MR) is 77.6 cm³/mol. The van der Waals surface area contributed by atoms with E-state index in [0.29, 0.717) is 17.2 Å². The third kappa shape index (κ3) is 3.28. The van der Waals surface area contributed by atoms with E-state index in [1.807, 2.05) is 0 Å². The zero-order valence-electron chi connectivity index (χ0n) is 9.32. The first-order valence-electron chi connectivity index (χ1n) is 5.01. The first kappa shape index (κ1) is 13.9. The molecule has 0 radical (unpaired) electrons. The lowest BCUT2D eigenvalue weighted by Gasteiger charge is -2.09. The van der Waals surface area contributed by atoms with Crippen molar-refractivity contribution in [3.8, 4) is 0 Å². The molecule has 1 aromatic heterocycles. The van der Waals surface area contributed by atoms with Crippen LogP contribution in [0.4, 0.5) is 15.9 Å². The number of nitrogens with two attached hydrogens (primary N) is 1. The molecule has 0 unspecified atom stereocenters. The molecule has 0 amide bonds. The minimum Gasteiger partial charge on any atom is -0.388 e. The zero-order chi connectivity index (χ0) is 14.0. The van der Waals surface area contributed by atoms with Crippen LogP contribution < -0.4 is 11.1 Å². The SMILES string of the molecule is NC(=S)c1cnc(Nc2c(Cl)cc(F)cc2Cl)cn1. The highest BCUT2D eigenvalue weighted by atomic mass is 35.5. The molecule has 4 nitrogen and oxygen atoms in total. The molecule has 1 heterocycles. The Morgan fingerprint density at radius 3 is 2.32 bits per heavy atom. The number of hydrogen-bond donors (Lipinski definition) is 2. The molecular formula is C11H7Cl2FN4S. The molecule has 3 N–H and O–H groups in total. The van der Waals surface area contributed by atoms with Crippen LogP contribution in [0, 0.1) is 5.82 Å². The van der Waals surface area contributed by atoms with Gasteiger partial charge in [-0.05, 0) is 12.1 Å². The molecule has 0 fully saturated rings. The van der Waals surface area contributed by atoms with Crippen LogP contribution in [0.25, 0.3) is 0 Å². The molecule has 0 saturated carbocycles. The molecule has 2 rings (SSSR count). The molecule has 98 valence electrons. The summed E-state index contributed by atoms with van der Waals surface area (Å²) < 4.78 is 13.0. The number of rotatable bonds is 3. The molecule has 0 aliphatic carbocycles. The van der Waals surface area contributed by atoms with Gasteiger partial charge in [0.25, 0.3) is 0 Å². The van der Waals surface area contributed by atoms with Crippen molar-refractivity contribution >= 4 is 51.9 Å². The third-order valence-electron chi connectivity index (χ3n) is 2.16. The maximum absolute atomic E-state index is 13.0. The Bertz CT molecular complexity index is 610. The van der Waals surface area contributed by atoms with Crippen LogP contribution in [0.1, 0.15) is 5.69 Å². The molecule has 0 atom stereocenters. The van der Waals surface area contributed by atoms with E-state index in [1.54, 1.807) is 0 Å². The fourth-order valence-electron chi connectivity index (χ4n) is 1.31. The van der Waals surface area contributed by atoms with Gasteiger partial charge < -0.3 is 11.1 Å². The maximum atomic E-state index is 13.0. The summed E-state index contributed by atoms with van der Waals surface area (Å²) in [5.41, 5.74) is 6.15. The summed E-state index contributed by atoms with van der Waals surface area (Å²) in [7, 11) is 0. The number of aromatic nitrogens is 2. The van der Waals surface area contributed by atoms with Gasteiger partial charge in [-0.3, -0.25) is 0 Å². The van der Waals surface area contributed by atoms with Gasteiger partial charge in [0.2, 0.25) is 0 Å². The van der Waals surface area contributed by atoms with E-state index in [9.17, 15) is 4.39 Å². The molecular weight excluding hydrogens is 310 g/mol. The minimum atomic E-state index is -0.518. The lowest BCUT2D eigenvalue weighted by molar-refractivity contribution is 0.628. The predicted octanol–water partition coefficient (Wildman–Crippen LogP) is 3.30. The summed E-state index contributed by atoms with van der Waals surface area (Å²) in [6, 6.07) is 2.29. The van der Waals surface area contributed by atoms with Crippen LogP contribution in [0.15, 0.2) is 24.5 Å². The number of halogens is 3. The largest absolute Gasteiger partial charge is 0.388 e. The normalized spacial score (nSPS) is 10.3. The average molecular weight is 317 g/mol. The standard InChI is InChI=1S/C11H7Cl2FN4S/c12-6-1-5(14)2-7(13)10(6)18-9-4-16-8(3-17-9)11(15)19/h1-4H,(H2,15,19)(H,17,18). The van der Waals surface area contributed by atoms with Gasteiger partial charge in [-0.25, -0.2) is 14.4 Å². The second kappa shape index (κ2) is 5.64. The van der Waals surface area contributed by atoms with Crippen LogP contribution in [-0.2, 0) is 0 Å². The third-order valence-corrected chi connectivity index (χ3v) is 2.97. The Hall–Kier alpha value is -1.50. The summed E-state index contributed by atoms with van der Waals surface area (Å²) in [6.45, 7) is 0. The van der Waals surface area contributed by atoms with Crippen molar-refractivity contribution in [2.24, 2.45) is 5.73 Å². The van der Waals surface area contributed by atoms with Gasteiger partial charge in [-0.15, -0.1) is 0 Å². The first-order valence-corrected chi connectivity index (χ1v) is 6.17. The Morgan fingerprint density at radius 1 is 1.21 bits per heavy atom. The summed E-state index contributed by atoms with van der Waals surface area (Å²) >= 11 is 16.5. The highest BCUT2D eigenvalue weighted by Crippen LogP contribution is 2.33. The van der Waals surface area contributed by atoms with Gasteiger partial charge >= 0.3 is 0 Å². The van der Waals surface area contributed by atoms with Crippen molar-refractivity contribution in [1.82, 2.24) is 9.97 Å². The molecule has 19 heavy (non-hydrogen) atoms. The lowest BCUT2D eigenvalue weighted by Crippen LogP contribution is -2.12. The fourth-order valence-corrected chi connectivity index (χ4v) is 1.97. The van der Waals surface area contributed by atoms with E-state index < -0.39 is 5.82 Å². The monoisotopic (exact) mass is 316 g/mol. The minimum absolute atomic E-state index is 0.144. The Balaban J connectivity index is 2.29. The van der Waals surface area contributed by atoms with E-state index in [4.69, 9.17) is 41.2 Å². The van der Waals surface area contributed by atoms with Gasteiger partial charge in [-0.2, -0.15) is 0 Å². The second-order valence-electron chi connectivity index (χ2n) is 3.52. The van der Waals surface area contributed by atoms with E-state index in [0.717, 1.165) is 12.1 Å². The van der Waals surface area contributed by atoms with Gasteiger partial charge in [-0.1, -0.05) is 35.4 Å². The van der Waals surface area contributed by atoms with Crippen LogP contribution in [0.2, 0.25) is 10.0 Å². The van der Waals surface area contributed by atoms with Crippen molar-refractivity contribution < 1.29 is 4.39 Å². The Morgan fingerprint density at radius 2 is 1.84 bits per heavy atom. The molecule has 0 aliphatic rings. The molecule has 1 aromatic carbocycles. The summed E-state index contributed by atoms with van der Waals surface area (Å²) in [6.07, 6.45) is 2.83. The summed E-state index contributed by atoms with van der Waals surface area (Å²) in [5, 5.41) is 3.13. The van der Waals surface area contributed by atoms with Crippen molar-refractivity contribution in [3.05, 3.63) is 46.1 Å². The molecule has 0 bridgehead atoms. The fraction of sp³-hybridized carbons (Fsp3) is 0. The van der Waals surface area contributed by atoms with Gasteiger partial charge in [0.05, 0.1) is 28.1 Å². The van der Waals surface area contributed by atoms with Gasteiger partial charge in [0, 0.05) is 0 Å². The molecule has 0 spiro atoms. The molecule has 0 aliphatic heterocycles. The van der Waals surface area contributed by atoms with Crippen LogP contribution >= 0.6 is 35.4 Å².